The molecule has 2 atom stereocenters. The third-order valence-electron chi connectivity index (χ3n) is 4.47. The van der Waals surface area contributed by atoms with Crippen LogP contribution < -0.4 is 10.7 Å². The lowest BCUT2D eigenvalue weighted by Gasteiger charge is -2.32. The van der Waals surface area contributed by atoms with Crippen LogP contribution >= 0.6 is 27.7 Å². The van der Waals surface area contributed by atoms with Gasteiger partial charge in [-0.15, -0.1) is 10.2 Å². The number of amides is 1. The number of aryl methyl sites for hydroxylation is 2. The van der Waals surface area contributed by atoms with Crippen LogP contribution in [0, 0.1) is 19.7 Å². The number of benzene rings is 2. The minimum absolute atomic E-state index is 0.178. The number of rotatable bonds is 3. The molecule has 0 fully saturated rings. The number of anilines is 1. The van der Waals surface area contributed by atoms with Crippen LogP contribution in [0.15, 0.2) is 52.1 Å². The molecule has 2 aromatic carbocycles. The lowest BCUT2D eigenvalue weighted by Crippen LogP contribution is -2.41. The molecule has 6 nitrogen and oxygen atoms in total. The first kappa shape index (κ1) is 18.9. The number of hydrogen-bond donors (Lipinski definition) is 2. The molecule has 0 saturated heterocycles. The van der Waals surface area contributed by atoms with E-state index in [2.05, 4.69) is 36.9 Å². The minimum atomic E-state index is -0.519. The van der Waals surface area contributed by atoms with E-state index in [1.165, 1.54) is 23.9 Å². The van der Waals surface area contributed by atoms with Gasteiger partial charge < -0.3 is 10.7 Å². The number of aromatic nitrogens is 3. The highest BCUT2D eigenvalue weighted by molar-refractivity contribution is 9.10. The predicted molar refractivity (Wildman–Crippen MR) is 110 cm³/mol. The first-order valence-corrected chi connectivity index (χ1v) is 10.3. The number of halogens is 2. The molecule has 0 spiro atoms. The molecule has 2 heterocycles. The fourth-order valence-corrected chi connectivity index (χ4v) is 4.72. The molecule has 1 aliphatic heterocycles. The summed E-state index contributed by atoms with van der Waals surface area (Å²) in [5.74, 6) is 0.191. The summed E-state index contributed by atoms with van der Waals surface area (Å²) in [7, 11) is 0. The molecule has 0 bridgehead atoms. The lowest BCUT2D eigenvalue weighted by atomic mass is 10.0. The highest BCUT2D eigenvalue weighted by atomic mass is 79.9. The standard InChI is InChI=1S/C19H17BrFN5OS/c1-10-3-8-15(14(20)9-10)22-18(27)17-16(12-4-6-13(21)7-5-12)25-26-11(2)23-24-19(26)28-17/h3-9,16-17,25H,1-2H3,(H,22,27)/t16-,17+/m0/s1. The van der Waals surface area contributed by atoms with E-state index in [9.17, 15) is 9.18 Å². The van der Waals surface area contributed by atoms with Crippen molar-refractivity contribution in [1.29, 1.82) is 0 Å². The van der Waals surface area contributed by atoms with Crippen molar-refractivity contribution in [2.45, 2.75) is 30.3 Å². The van der Waals surface area contributed by atoms with Crippen molar-refractivity contribution < 1.29 is 9.18 Å². The number of nitrogens with one attached hydrogen (secondary N) is 2. The first-order chi connectivity index (χ1) is 13.4. The molecule has 2 N–H and O–H groups in total. The number of nitrogens with zero attached hydrogens (tertiary/aromatic N) is 3. The summed E-state index contributed by atoms with van der Waals surface area (Å²) in [5, 5.41) is 11.3. The minimum Gasteiger partial charge on any atom is -0.324 e. The van der Waals surface area contributed by atoms with Crippen molar-refractivity contribution in [2.24, 2.45) is 0 Å². The van der Waals surface area contributed by atoms with Crippen LogP contribution in [0.3, 0.4) is 0 Å². The van der Waals surface area contributed by atoms with Gasteiger partial charge in [0.2, 0.25) is 11.1 Å². The largest absolute Gasteiger partial charge is 0.324 e. The van der Waals surface area contributed by atoms with Gasteiger partial charge in [0.25, 0.3) is 0 Å². The Labute approximate surface area is 174 Å². The van der Waals surface area contributed by atoms with Gasteiger partial charge in [0.15, 0.2) is 0 Å². The van der Waals surface area contributed by atoms with Gasteiger partial charge >= 0.3 is 0 Å². The fraction of sp³-hybridized carbons (Fsp3) is 0.211. The zero-order valence-electron chi connectivity index (χ0n) is 15.1. The van der Waals surface area contributed by atoms with Gasteiger partial charge in [-0.25, -0.2) is 9.07 Å². The van der Waals surface area contributed by atoms with Crippen LogP contribution in [-0.2, 0) is 4.79 Å². The highest BCUT2D eigenvalue weighted by Crippen LogP contribution is 2.38. The van der Waals surface area contributed by atoms with E-state index >= 15 is 0 Å². The van der Waals surface area contributed by atoms with Crippen molar-refractivity contribution >= 4 is 39.3 Å². The molecular weight excluding hydrogens is 445 g/mol. The van der Waals surface area contributed by atoms with Crippen molar-refractivity contribution in [3.63, 3.8) is 0 Å². The van der Waals surface area contributed by atoms with Gasteiger partial charge in [-0.1, -0.05) is 30.0 Å². The molecule has 0 aliphatic carbocycles. The van der Waals surface area contributed by atoms with Crippen LogP contribution in [0.5, 0.6) is 0 Å². The number of carbonyl (C=O) groups is 1. The maximum Gasteiger partial charge on any atom is 0.240 e. The lowest BCUT2D eigenvalue weighted by molar-refractivity contribution is -0.116. The summed E-state index contributed by atoms with van der Waals surface area (Å²) in [6, 6.07) is 11.5. The van der Waals surface area contributed by atoms with Gasteiger partial charge in [0.1, 0.15) is 16.9 Å². The summed E-state index contributed by atoms with van der Waals surface area (Å²) in [5.41, 5.74) is 5.88. The highest BCUT2D eigenvalue weighted by Gasteiger charge is 2.37. The van der Waals surface area contributed by atoms with E-state index in [-0.39, 0.29) is 17.8 Å². The smallest absolute Gasteiger partial charge is 0.240 e. The van der Waals surface area contributed by atoms with Crippen LogP contribution in [-0.4, -0.2) is 26.0 Å². The maximum atomic E-state index is 13.4. The molecule has 0 radical (unpaired) electrons. The number of carbonyl (C=O) groups excluding carboxylic acids is 1. The van der Waals surface area contributed by atoms with Crippen LogP contribution in [0.4, 0.5) is 10.1 Å². The van der Waals surface area contributed by atoms with E-state index in [4.69, 9.17) is 0 Å². The Bertz CT molecular complexity index is 1040. The van der Waals surface area contributed by atoms with Crippen LogP contribution in [0.1, 0.15) is 23.0 Å². The summed E-state index contributed by atoms with van der Waals surface area (Å²) >= 11 is 4.82. The normalized spacial score (nSPS) is 18.3. The Morgan fingerprint density at radius 3 is 2.68 bits per heavy atom. The molecule has 1 amide bonds. The first-order valence-electron chi connectivity index (χ1n) is 8.60. The molecule has 1 aliphatic rings. The van der Waals surface area contributed by atoms with E-state index in [1.807, 2.05) is 32.0 Å². The van der Waals surface area contributed by atoms with Crippen molar-refractivity contribution in [3.8, 4) is 0 Å². The fourth-order valence-electron chi connectivity index (χ4n) is 3.01. The Hall–Kier alpha value is -2.39. The molecular formula is C19H17BrFN5OS. The molecule has 1 aromatic heterocycles. The quantitative estimate of drug-likeness (QED) is 0.611. The van der Waals surface area contributed by atoms with E-state index in [0.29, 0.717) is 16.7 Å². The molecule has 3 aromatic rings. The molecule has 0 unspecified atom stereocenters. The third kappa shape index (κ3) is 3.64. The third-order valence-corrected chi connectivity index (χ3v) is 6.34. The average molecular weight is 462 g/mol. The van der Waals surface area contributed by atoms with E-state index in [1.54, 1.807) is 16.8 Å². The average Bonchev–Trinajstić information content (AvgIpc) is 3.04. The topological polar surface area (TPSA) is 71.8 Å². The second-order valence-corrected chi connectivity index (χ2v) is 8.50. The predicted octanol–water partition coefficient (Wildman–Crippen LogP) is 4.19. The van der Waals surface area contributed by atoms with Gasteiger partial charge in [-0.3, -0.25) is 4.79 Å². The monoisotopic (exact) mass is 461 g/mol. The van der Waals surface area contributed by atoms with Crippen LogP contribution in [0.2, 0.25) is 0 Å². The number of fused-ring (bicyclic) bond motifs is 1. The Morgan fingerprint density at radius 1 is 1.21 bits per heavy atom. The zero-order valence-corrected chi connectivity index (χ0v) is 17.5. The van der Waals surface area contributed by atoms with Gasteiger partial charge in [0.05, 0.1) is 11.7 Å². The van der Waals surface area contributed by atoms with Crippen molar-refractivity contribution in [2.75, 3.05) is 10.7 Å². The summed E-state index contributed by atoms with van der Waals surface area (Å²) in [6.45, 7) is 3.81. The zero-order chi connectivity index (χ0) is 19.8. The molecule has 9 heteroatoms. The Kier molecular flexibility index (Phi) is 5.11. The van der Waals surface area contributed by atoms with E-state index in [0.717, 1.165) is 15.6 Å². The summed E-state index contributed by atoms with van der Waals surface area (Å²) < 4.78 is 16.0. The molecule has 28 heavy (non-hydrogen) atoms. The SMILES string of the molecule is Cc1ccc(NC(=O)[C@@H]2Sc3nnc(C)n3N[C@H]2c2ccc(F)cc2)c(Br)c1. The summed E-state index contributed by atoms with van der Waals surface area (Å²) in [4.78, 5) is 13.1. The molecule has 144 valence electrons. The second kappa shape index (κ2) is 7.56. The molecule has 4 rings (SSSR count). The van der Waals surface area contributed by atoms with E-state index < -0.39 is 5.25 Å². The number of thioether (sulfide) groups is 1. The number of hydrogen-bond acceptors (Lipinski definition) is 5. The Balaban J connectivity index is 1.67. The Morgan fingerprint density at radius 2 is 1.96 bits per heavy atom. The van der Waals surface area contributed by atoms with Gasteiger partial charge in [-0.2, -0.15) is 0 Å². The van der Waals surface area contributed by atoms with Crippen LogP contribution in [0.25, 0.3) is 0 Å². The molecule has 0 saturated carbocycles. The van der Waals surface area contributed by atoms with Gasteiger partial charge in [0, 0.05) is 4.47 Å². The second-order valence-electron chi connectivity index (χ2n) is 6.53. The van der Waals surface area contributed by atoms with Crippen molar-refractivity contribution in [3.05, 3.63) is 69.7 Å². The van der Waals surface area contributed by atoms with Gasteiger partial charge in [-0.05, 0) is 65.2 Å². The maximum absolute atomic E-state index is 13.4. The van der Waals surface area contributed by atoms with Crippen molar-refractivity contribution in [1.82, 2.24) is 14.9 Å². The summed E-state index contributed by atoms with van der Waals surface area (Å²) in [6.07, 6.45) is 0.